The summed E-state index contributed by atoms with van der Waals surface area (Å²) in [6.45, 7) is 8.23. The number of aromatic nitrogens is 1. The van der Waals surface area contributed by atoms with Gasteiger partial charge < -0.3 is 10.7 Å². The Balaban J connectivity index is 3.03. The van der Waals surface area contributed by atoms with Gasteiger partial charge in [-0.1, -0.05) is 20.8 Å². The van der Waals surface area contributed by atoms with Crippen molar-refractivity contribution in [2.24, 2.45) is 16.8 Å². The van der Waals surface area contributed by atoms with Crippen LogP contribution in [0.25, 0.3) is 0 Å². The van der Waals surface area contributed by atoms with Gasteiger partial charge in [-0.15, -0.1) is 0 Å². The third-order valence-electron chi connectivity index (χ3n) is 2.93. The molecular formula is C13H21N3O. The molecule has 0 aliphatic heterocycles. The van der Waals surface area contributed by atoms with Crippen molar-refractivity contribution in [1.82, 2.24) is 4.98 Å². The number of pyridine rings is 1. The van der Waals surface area contributed by atoms with E-state index in [0.717, 1.165) is 6.42 Å². The zero-order chi connectivity index (χ0) is 13.0. The van der Waals surface area contributed by atoms with Crippen LogP contribution in [0.2, 0.25) is 0 Å². The average molecular weight is 235 g/mol. The number of rotatable bonds is 4. The molecule has 1 heterocycles. The summed E-state index contributed by atoms with van der Waals surface area (Å²) in [7, 11) is 0. The second-order valence-corrected chi connectivity index (χ2v) is 4.66. The van der Waals surface area contributed by atoms with Gasteiger partial charge in [-0.2, -0.15) is 0 Å². The quantitative estimate of drug-likeness (QED) is 0.787. The first-order valence-corrected chi connectivity index (χ1v) is 5.99. The van der Waals surface area contributed by atoms with Gasteiger partial charge in [-0.05, 0) is 25.2 Å². The highest BCUT2D eigenvalue weighted by molar-refractivity contribution is 5.67. The van der Waals surface area contributed by atoms with E-state index in [-0.39, 0.29) is 5.43 Å². The van der Waals surface area contributed by atoms with E-state index in [1.54, 1.807) is 6.92 Å². The summed E-state index contributed by atoms with van der Waals surface area (Å²) in [5, 5.41) is 0. The number of nitrogen functional groups attached to an aromatic ring is 1. The number of nitrogens with one attached hydrogen (secondary N) is 1. The number of nitrogens with zero attached hydrogens (tertiary/aromatic N) is 1. The average Bonchev–Trinajstić information content (AvgIpc) is 2.21. The van der Waals surface area contributed by atoms with Gasteiger partial charge in [0.25, 0.3) is 0 Å². The minimum atomic E-state index is -0.131. The molecule has 17 heavy (non-hydrogen) atoms. The van der Waals surface area contributed by atoms with Gasteiger partial charge in [0.2, 0.25) is 5.43 Å². The second-order valence-electron chi connectivity index (χ2n) is 4.66. The van der Waals surface area contributed by atoms with Gasteiger partial charge >= 0.3 is 0 Å². The van der Waals surface area contributed by atoms with Gasteiger partial charge in [0.1, 0.15) is 11.5 Å². The Kier molecular flexibility index (Phi) is 4.49. The molecule has 1 aromatic heterocycles. The third-order valence-corrected chi connectivity index (χ3v) is 2.93. The second kappa shape index (κ2) is 5.66. The summed E-state index contributed by atoms with van der Waals surface area (Å²) in [6, 6.07) is 1.37. The van der Waals surface area contributed by atoms with Gasteiger partial charge in [-0.25, -0.2) is 0 Å². The van der Waals surface area contributed by atoms with E-state index in [2.05, 4.69) is 30.7 Å². The molecule has 0 saturated heterocycles. The number of hydrogen-bond acceptors (Lipinski definition) is 3. The number of H-pyrrole nitrogens is 1. The molecule has 0 saturated carbocycles. The molecule has 1 unspecified atom stereocenters. The monoisotopic (exact) mass is 235 g/mol. The van der Waals surface area contributed by atoms with E-state index in [1.807, 2.05) is 6.21 Å². The summed E-state index contributed by atoms with van der Waals surface area (Å²) in [5.74, 6) is 1.30. The highest BCUT2D eigenvalue weighted by Gasteiger charge is 2.09. The van der Waals surface area contributed by atoms with Crippen LogP contribution in [-0.2, 0) is 0 Å². The maximum absolute atomic E-state index is 11.7. The number of aromatic amines is 1. The van der Waals surface area contributed by atoms with Crippen molar-refractivity contribution >= 4 is 17.7 Å². The van der Waals surface area contributed by atoms with Crippen LogP contribution in [0.4, 0.5) is 11.5 Å². The van der Waals surface area contributed by atoms with Crippen molar-refractivity contribution in [1.29, 1.82) is 0 Å². The van der Waals surface area contributed by atoms with Gasteiger partial charge in [0.05, 0.1) is 0 Å². The molecule has 1 aromatic rings. The summed E-state index contributed by atoms with van der Waals surface area (Å²) < 4.78 is 0. The standard InChI is InChI=1S/C13H21N3O/c1-5-10(8(2)3)7-15-13-9(4)16-12(14)6-11(13)17/h6-8,10H,5H2,1-4H3,(H3,14,16,17)/b15-7-. The number of aliphatic imine (C=N–C) groups is 1. The van der Waals surface area contributed by atoms with Crippen LogP contribution in [0.1, 0.15) is 32.9 Å². The van der Waals surface area contributed by atoms with Crippen LogP contribution in [0.15, 0.2) is 15.9 Å². The van der Waals surface area contributed by atoms with Crippen molar-refractivity contribution in [2.75, 3.05) is 5.73 Å². The Morgan fingerprint density at radius 1 is 1.53 bits per heavy atom. The molecule has 0 spiro atoms. The van der Waals surface area contributed by atoms with Gasteiger partial charge in [0.15, 0.2) is 0 Å². The van der Waals surface area contributed by atoms with Crippen LogP contribution in [-0.4, -0.2) is 11.2 Å². The zero-order valence-electron chi connectivity index (χ0n) is 10.9. The smallest absolute Gasteiger partial charge is 0.209 e. The van der Waals surface area contributed by atoms with E-state index in [0.29, 0.717) is 29.0 Å². The Morgan fingerprint density at radius 3 is 2.65 bits per heavy atom. The SMILES string of the molecule is CCC(/C=N\c1c(C)[nH]c(N)cc1=O)C(C)C. The molecule has 3 N–H and O–H groups in total. The van der Waals surface area contributed by atoms with E-state index in [9.17, 15) is 4.79 Å². The van der Waals surface area contributed by atoms with Crippen LogP contribution in [0.5, 0.6) is 0 Å². The number of hydrogen-bond donors (Lipinski definition) is 2. The molecule has 0 fully saturated rings. The lowest BCUT2D eigenvalue weighted by atomic mass is 9.95. The first-order chi connectivity index (χ1) is 7.95. The molecule has 94 valence electrons. The van der Waals surface area contributed by atoms with Crippen LogP contribution >= 0.6 is 0 Å². The summed E-state index contributed by atoms with van der Waals surface area (Å²) in [6.07, 6.45) is 2.89. The molecule has 0 amide bonds. The highest BCUT2D eigenvalue weighted by atomic mass is 16.1. The van der Waals surface area contributed by atoms with Crippen molar-refractivity contribution in [3.8, 4) is 0 Å². The lowest BCUT2D eigenvalue weighted by molar-refractivity contribution is 0.489. The van der Waals surface area contributed by atoms with Crippen molar-refractivity contribution in [3.63, 3.8) is 0 Å². The van der Waals surface area contributed by atoms with E-state index in [1.165, 1.54) is 6.07 Å². The van der Waals surface area contributed by atoms with E-state index in [4.69, 9.17) is 5.73 Å². The Labute approximate surface area is 102 Å². The first kappa shape index (κ1) is 13.5. The molecule has 0 aromatic carbocycles. The van der Waals surface area contributed by atoms with E-state index >= 15 is 0 Å². The molecule has 1 atom stereocenters. The maximum atomic E-state index is 11.7. The first-order valence-electron chi connectivity index (χ1n) is 5.99. The molecular weight excluding hydrogens is 214 g/mol. The Bertz CT molecular complexity index is 460. The minimum absolute atomic E-state index is 0.131. The van der Waals surface area contributed by atoms with E-state index < -0.39 is 0 Å². The fourth-order valence-corrected chi connectivity index (χ4v) is 1.79. The Morgan fingerprint density at radius 2 is 2.18 bits per heavy atom. The third kappa shape index (κ3) is 3.44. The number of aryl methyl sites for hydroxylation is 1. The van der Waals surface area contributed by atoms with Crippen LogP contribution in [0, 0.1) is 18.8 Å². The lowest BCUT2D eigenvalue weighted by Gasteiger charge is -2.13. The predicted octanol–water partition coefficient (Wildman–Crippen LogP) is 2.65. The number of anilines is 1. The Hall–Kier alpha value is -1.58. The van der Waals surface area contributed by atoms with Crippen LogP contribution < -0.4 is 11.2 Å². The summed E-state index contributed by atoms with van der Waals surface area (Å²) in [5.41, 5.74) is 6.59. The van der Waals surface area contributed by atoms with Crippen LogP contribution in [0.3, 0.4) is 0 Å². The zero-order valence-corrected chi connectivity index (χ0v) is 10.9. The predicted molar refractivity (Wildman–Crippen MR) is 73.0 cm³/mol. The fraction of sp³-hybridized carbons (Fsp3) is 0.538. The summed E-state index contributed by atoms with van der Waals surface area (Å²) >= 11 is 0. The maximum Gasteiger partial charge on any atom is 0.209 e. The molecule has 4 nitrogen and oxygen atoms in total. The molecule has 1 rings (SSSR count). The van der Waals surface area contributed by atoms with Crippen molar-refractivity contribution in [3.05, 3.63) is 22.0 Å². The van der Waals surface area contributed by atoms with Crippen molar-refractivity contribution in [2.45, 2.75) is 34.1 Å². The summed E-state index contributed by atoms with van der Waals surface area (Å²) in [4.78, 5) is 18.9. The lowest BCUT2D eigenvalue weighted by Crippen LogP contribution is -2.10. The van der Waals surface area contributed by atoms with Crippen molar-refractivity contribution < 1.29 is 0 Å². The number of nitrogens with two attached hydrogens (primary N) is 1. The molecule has 0 aliphatic rings. The molecule has 4 heteroatoms. The largest absolute Gasteiger partial charge is 0.385 e. The highest BCUT2D eigenvalue weighted by Crippen LogP contribution is 2.16. The fourth-order valence-electron chi connectivity index (χ4n) is 1.79. The topological polar surface area (TPSA) is 71.2 Å². The molecule has 0 bridgehead atoms. The van der Waals surface area contributed by atoms with Gasteiger partial charge in [0, 0.05) is 18.0 Å². The van der Waals surface area contributed by atoms with Gasteiger partial charge in [-0.3, -0.25) is 9.79 Å². The molecule has 0 aliphatic carbocycles. The normalized spacial score (nSPS) is 13.5. The molecule has 0 radical (unpaired) electrons. The minimum Gasteiger partial charge on any atom is -0.385 e.